The number of nitrogens with one attached hydrogen (secondary N) is 1. The number of hydrogen-bond donors (Lipinski definition) is 2. The molecule has 1 aromatic carbocycles. The largest absolute Gasteiger partial charge is 0.397 e. The number of benzene rings is 1. The molecule has 2 atom stereocenters. The Kier molecular flexibility index (Phi) is 5.65. The maximum atomic E-state index is 12.3. The summed E-state index contributed by atoms with van der Waals surface area (Å²) in [6.45, 7) is 1.70. The molecule has 4 nitrogen and oxygen atoms in total. The van der Waals surface area contributed by atoms with Gasteiger partial charge in [0.25, 0.3) is 0 Å². The molecule has 0 aromatic heterocycles. The number of anilines is 2. The Labute approximate surface area is 132 Å². The zero-order valence-electron chi connectivity index (χ0n) is 12.1. The first kappa shape index (κ1) is 16.3. The summed E-state index contributed by atoms with van der Waals surface area (Å²) in [7, 11) is -1.15. The molecule has 1 fully saturated rings. The molecule has 6 heteroatoms. The highest BCUT2D eigenvalue weighted by Gasteiger charge is 2.25. The van der Waals surface area contributed by atoms with E-state index in [1.165, 1.54) is 12.8 Å². The van der Waals surface area contributed by atoms with Crippen LogP contribution in [-0.2, 0) is 15.6 Å². The van der Waals surface area contributed by atoms with Gasteiger partial charge in [-0.15, -0.1) is 0 Å². The minimum atomic E-state index is -1.15. The highest BCUT2D eigenvalue weighted by molar-refractivity contribution is 7.86. The Balaban J connectivity index is 1.93. The van der Waals surface area contributed by atoms with Crippen LogP contribution in [0.4, 0.5) is 11.4 Å². The molecule has 0 heterocycles. The third-order valence-electron chi connectivity index (χ3n) is 3.91. The summed E-state index contributed by atoms with van der Waals surface area (Å²) in [4.78, 5) is 12.2. The van der Waals surface area contributed by atoms with Crippen LogP contribution in [0.2, 0.25) is 5.02 Å². The summed E-state index contributed by atoms with van der Waals surface area (Å²) < 4.78 is 12.3. The molecule has 0 saturated heterocycles. The summed E-state index contributed by atoms with van der Waals surface area (Å²) >= 11 is 5.82. The van der Waals surface area contributed by atoms with E-state index in [0.717, 1.165) is 12.8 Å². The van der Waals surface area contributed by atoms with Gasteiger partial charge in [-0.2, -0.15) is 0 Å². The Hall–Kier alpha value is -1.07. The van der Waals surface area contributed by atoms with E-state index in [0.29, 0.717) is 28.1 Å². The van der Waals surface area contributed by atoms with Crippen molar-refractivity contribution in [3.63, 3.8) is 0 Å². The molecule has 1 aliphatic carbocycles. The van der Waals surface area contributed by atoms with Crippen LogP contribution in [0, 0.1) is 5.92 Å². The topological polar surface area (TPSA) is 72.2 Å². The van der Waals surface area contributed by atoms with E-state index in [1.54, 1.807) is 25.1 Å². The number of carbonyl (C=O) groups excluding carboxylic acids is 1. The van der Waals surface area contributed by atoms with Gasteiger partial charge in [0.1, 0.15) is 5.25 Å². The van der Waals surface area contributed by atoms with Gasteiger partial charge in [-0.05, 0) is 43.9 Å². The first-order chi connectivity index (χ1) is 9.97. The van der Waals surface area contributed by atoms with Crippen molar-refractivity contribution in [3.8, 4) is 0 Å². The first-order valence-corrected chi connectivity index (χ1v) is 8.96. The lowest BCUT2D eigenvalue weighted by Gasteiger charge is -2.15. The summed E-state index contributed by atoms with van der Waals surface area (Å²) in [6, 6.07) is 4.90. The second-order valence-electron chi connectivity index (χ2n) is 5.56. The molecule has 1 aromatic rings. The highest BCUT2D eigenvalue weighted by atomic mass is 35.5. The van der Waals surface area contributed by atoms with Crippen LogP contribution < -0.4 is 11.1 Å². The summed E-state index contributed by atoms with van der Waals surface area (Å²) in [5, 5.41) is 2.70. The van der Waals surface area contributed by atoms with Crippen molar-refractivity contribution < 1.29 is 9.00 Å². The number of nitrogen functional groups attached to an aromatic ring is 1. The van der Waals surface area contributed by atoms with E-state index >= 15 is 0 Å². The number of carbonyl (C=O) groups is 1. The molecule has 2 unspecified atom stereocenters. The van der Waals surface area contributed by atoms with Crippen molar-refractivity contribution in [1.29, 1.82) is 0 Å². The average Bonchev–Trinajstić information content (AvgIpc) is 2.93. The Morgan fingerprint density at radius 3 is 2.76 bits per heavy atom. The van der Waals surface area contributed by atoms with Gasteiger partial charge >= 0.3 is 0 Å². The second-order valence-corrected chi connectivity index (χ2v) is 7.80. The van der Waals surface area contributed by atoms with Crippen molar-refractivity contribution in [2.45, 2.75) is 37.9 Å². The fraction of sp³-hybridized carbons (Fsp3) is 0.533. The molecule has 1 aliphatic rings. The lowest BCUT2D eigenvalue weighted by atomic mass is 10.1. The minimum Gasteiger partial charge on any atom is -0.397 e. The lowest BCUT2D eigenvalue weighted by Crippen LogP contribution is -2.31. The number of halogens is 1. The zero-order chi connectivity index (χ0) is 15.4. The van der Waals surface area contributed by atoms with Crippen LogP contribution in [0.15, 0.2) is 18.2 Å². The summed E-state index contributed by atoms with van der Waals surface area (Å²) in [5.41, 5.74) is 6.72. The van der Waals surface area contributed by atoms with Crippen LogP contribution in [0.25, 0.3) is 0 Å². The predicted octanol–water partition coefficient (Wildman–Crippen LogP) is 3.19. The monoisotopic (exact) mass is 328 g/mol. The van der Waals surface area contributed by atoms with Gasteiger partial charge in [0.2, 0.25) is 5.91 Å². The fourth-order valence-corrected chi connectivity index (χ4v) is 4.12. The molecular formula is C15H21ClN2O2S. The molecule has 21 heavy (non-hydrogen) atoms. The molecule has 3 N–H and O–H groups in total. The van der Waals surface area contributed by atoms with E-state index in [4.69, 9.17) is 17.3 Å². The average molecular weight is 329 g/mol. The Bertz CT molecular complexity index is 544. The van der Waals surface area contributed by atoms with E-state index in [1.807, 2.05) is 0 Å². The van der Waals surface area contributed by atoms with Crippen molar-refractivity contribution in [2.75, 3.05) is 16.8 Å². The van der Waals surface area contributed by atoms with Gasteiger partial charge in [0, 0.05) is 21.6 Å². The third kappa shape index (κ3) is 4.45. The van der Waals surface area contributed by atoms with Crippen LogP contribution in [0.5, 0.6) is 0 Å². The van der Waals surface area contributed by atoms with Gasteiger partial charge in [-0.1, -0.05) is 24.4 Å². The van der Waals surface area contributed by atoms with Gasteiger partial charge in [-0.3, -0.25) is 9.00 Å². The zero-order valence-corrected chi connectivity index (χ0v) is 13.7. The van der Waals surface area contributed by atoms with E-state index in [2.05, 4.69) is 5.32 Å². The van der Waals surface area contributed by atoms with Crippen molar-refractivity contribution >= 4 is 39.7 Å². The minimum absolute atomic E-state index is 0.264. The Morgan fingerprint density at radius 2 is 2.14 bits per heavy atom. The molecule has 1 amide bonds. The number of nitrogens with two attached hydrogens (primary N) is 1. The molecular weight excluding hydrogens is 308 g/mol. The lowest BCUT2D eigenvalue weighted by molar-refractivity contribution is -0.115. The number of hydrogen-bond acceptors (Lipinski definition) is 3. The molecule has 0 radical (unpaired) electrons. The van der Waals surface area contributed by atoms with Gasteiger partial charge in [0.15, 0.2) is 0 Å². The second kappa shape index (κ2) is 7.27. The van der Waals surface area contributed by atoms with Crippen LogP contribution in [-0.4, -0.2) is 21.1 Å². The number of amides is 1. The smallest absolute Gasteiger partial charge is 0.239 e. The maximum absolute atomic E-state index is 12.3. The van der Waals surface area contributed by atoms with E-state index < -0.39 is 16.0 Å². The van der Waals surface area contributed by atoms with Crippen LogP contribution in [0.3, 0.4) is 0 Å². The summed E-state index contributed by atoms with van der Waals surface area (Å²) in [6.07, 6.45) is 4.68. The van der Waals surface area contributed by atoms with Crippen LogP contribution >= 0.6 is 11.6 Å². The van der Waals surface area contributed by atoms with Crippen molar-refractivity contribution in [2.24, 2.45) is 5.92 Å². The Morgan fingerprint density at radius 1 is 1.48 bits per heavy atom. The third-order valence-corrected chi connectivity index (χ3v) is 5.95. The summed E-state index contributed by atoms with van der Waals surface area (Å²) in [5.74, 6) is 0.854. The fourth-order valence-electron chi connectivity index (χ4n) is 2.55. The van der Waals surface area contributed by atoms with Crippen molar-refractivity contribution in [3.05, 3.63) is 23.2 Å². The molecule has 0 spiro atoms. The van der Waals surface area contributed by atoms with Gasteiger partial charge in [0.05, 0.1) is 11.4 Å². The quantitative estimate of drug-likeness (QED) is 0.815. The molecule has 1 saturated carbocycles. The molecule has 0 bridgehead atoms. The number of rotatable bonds is 5. The van der Waals surface area contributed by atoms with Gasteiger partial charge in [-0.25, -0.2) is 0 Å². The van der Waals surface area contributed by atoms with Gasteiger partial charge < -0.3 is 11.1 Å². The predicted molar refractivity (Wildman–Crippen MR) is 88.9 cm³/mol. The first-order valence-electron chi connectivity index (χ1n) is 7.20. The molecule has 116 valence electrons. The molecule has 2 rings (SSSR count). The van der Waals surface area contributed by atoms with Crippen LogP contribution in [0.1, 0.15) is 32.6 Å². The van der Waals surface area contributed by atoms with Crippen molar-refractivity contribution in [1.82, 2.24) is 0 Å². The normalized spacial score (nSPS) is 18.4. The SMILES string of the molecule is CC(C(=O)Nc1ccc(Cl)cc1N)S(=O)CC1CCCC1. The molecule has 0 aliphatic heterocycles. The standard InChI is InChI=1S/C15H21ClN2O2S/c1-10(21(20)9-11-4-2-3-5-11)15(19)18-14-7-6-12(16)8-13(14)17/h6-8,10-11H,2-5,9,17H2,1H3,(H,18,19). The highest BCUT2D eigenvalue weighted by Crippen LogP contribution is 2.26. The van der Waals surface area contributed by atoms with E-state index in [-0.39, 0.29) is 5.91 Å². The maximum Gasteiger partial charge on any atom is 0.239 e. The van der Waals surface area contributed by atoms with E-state index in [9.17, 15) is 9.00 Å².